The molecule has 0 radical (unpaired) electrons. The molecule has 5 aliphatic rings. The Morgan fingerprint density at radius 3 is 2.61 bits per heavy atom. The van der Waals surface area contributed by atoms with Gasteiger partial charge in [-0.2, -0.15) is 0 Å². The van der Waals surface area contributed by atoms with Gasteiger partial charge in [0.2, 0.25) is 0 Å². The summed E-state index contributed by atoms with van der Waals surface area (Å²) in [4.78, 5) is 0. The van der Waals surface area contributed by atoms with Gasteiger partial charge < -0.3 is 10.8 Å². The molecule has 5 aliphatic carbocycles. The lowest BCUT2D eigenvalue weighted by atomic mass is 9.51. The highest BCUT2D eigenvalue weighted by Gasteiger charge is 2.55. The van der Waals surface area contributed by atoms with Crippen molar-refractivity contribution in [1.29, 1.82) is 0 Å². The number of hydrogen-bond donors (Lipinski definition) is 2. The van der Waals surface area contributed by atoms with E-state index in [-0.39, 0.29) is 11.5 Å². The molecule has 0 aromatic carbocycles. The second kappa shape index (κ2) is 6.85. The number of hydrogen-bond acceptors (Lipinski definition) is 2. The van der Waals surface area contributed by atoms with Gasteiger partial charge in [-0.1, -0.05) is 30.7 Å². The molecule has 0 amide bonds. The van der Waals surface area contributed by atoms with Crippen LogP contribution in [0.1, 0.15) is 71.1 Å². The highest BCUT2D eigenvalue weighted by Crippen LogP contribution is 2.65. The molecule has 5 atom stereocenters. The van der Waals surface area contributed by atoms with Crippen LogP contribution in [0.2, 0.25) is 0 Å². The average molecular weight is 398 g/mol. The van der Waals surface area contributed by atoms with E-state index in [4.69, 9.17) is 5.73 Å². The van der Waals surface area contributed by atoms with Crippen molar-refractivity contribution in [1.82, 2.24) is 0 Å². The first-order chi connectivity index (χ1) is 13.4. The Morgan fingerprint density at radius 1 is 1.11 bits per heavy atom. The maximum absolute atomic E-state index is 10.1. The largest absolute Gasteiger partial charge is 0.402 e. The lowest BCUT2D eigenvalue weighted by Crippen LogP contribution is -2.45. The summed E-state index contributed by atoms with van der Waals surface area (Å²) in [5.41, 5.74) is 14.3. The van der Waals surface area contributed by atoms with E-state index in [1.165, 1.54) is 49.4 Å². The molecule has 5 unspecified atom stereocenters. The SMILES string of the molecule is C=C1C=C2CCC3C(=C2CC1)C(C1CCC(O)CC1)CC1(C)C(P)=C(N)CC31. The minimum atomic E-state index is -0.0734. The Hall–Kier alpha value is -0.850. The van der Waals surface area contributed by atoms with Crippen molar-refractivity contribution >= 4 is 9.24 Å². The zero-order valence-corrected chi connectivity index (χ0v) is 18.5. The zero-order chi connectivity index (χ0) is 19.6. The van der Waals surface area contributed by atoms with E-state index in [0.29, 0.717) is 17.8 Å². The van der Waals surface area contributed by atoms with Gasteiger partial charge in [-0.3, -0.25) is 0 Å². The van der Waals surface area contributed by atoms with Gasteiger partial charge in [0.15, 0.2) is 0 Å². The standard InChI is InChI=1S/C25H36NOP/c1-14-3-9-18-16(11-14)6-10-19-21-12-22(26)24(28)25(21,2)13-20(23(18)19)15-4-7-17(27)8-5-15/h11,15,17,19-21,27H,1,3-10,12-13,26,28H2,2H3. The topological polar surface area (TPSA) is 46.2 Å². The molecule has 3 heteroatoms. The van der Waals surface area contributed by atoms with Crippen LogP contribution in [0.3, 0.4) is 0 Å². The summed E-state index contributed by atoms with van der Waals surface area (Å²) in [6.45, 7) is 6.76. The summed E-state index contributed by atoms with van der Waals surface area (Å²) >= 11 is 0. The molecular weight excluding hydrogens is 361 g/mol. The summed E-state index contributed by atoms with van der Waals surface area (Å²) in [5.74, 6) is 2.78. The molecule has 28 heavy (non-hydrogen) atoms. The molecule has 152 valence electrons. The summed E-state index contributed by atoms with van der Waals surface area (Å²) in [6.07, 6.45) is 13.8. The van der Waals surface area contributed by atoms with E-state index in [1.807, 2.05) is 5.57 Å². The van der Waals surface area contributed by atoms with Gasteiger partial charge in [-0.15, -0.1) is 9.24 Å². The fourth-order valence-electron chi connectivity index (χ4n) is 7.49. The quantitative estimate of drug-likeness (QED) is 0.565. The van der Waals surface area contributed by atoms with E-state index < -0.39 is 0 Å². The molecule has 0 aromatic rings. The molecule has 3 N–H and O–H groups in total. The molecule has 0 aliphatic heterocycles. The van der Waals surface area contributed by atoms with Crippen LogP contribution in [0.5, 0.6) is 0 Å². The van der Waals surface area contributed by atoms with E-state index in [1.54, 1.807) is 11.1 Å². The molecule has 0 spiro atoms. The molecule has 5 rings (SSSR count). The Morgan fingerprint density at radius 2 is 1.86 bits per heavy atom. The molecule has 0 heterocycles. The third kappa shape index (κ3) is 2.82. The van der Waals surface area contributed by atoms with Crippen LogP contribution in [0.15, 0.2) is 46.0 Å². The van der Waals surface area contributed by atoms with E-state index in [9.17, 15) is 5.11 Å². The van der Waals surface area contributed by atoms with E-state index in [0.717, 1.165) is 37.3 Å². The average Bonchev–Trinajstić information content (AvgIpc) is 2.91. The predicted molar refractivity (Wildman–Crippen MR) is 119 cm³/mol. The highest BCUT2D eigenvalue weighted by molar-refractivity contribution is 7.22. The Kier molecular flexibility index (Phi) is 4.68. The van der Waals surface area contributed by atoms with Crippen molar-refractivity contribution in [2.24, 2.45) is 34.8 Å². The number of allylic oxidation sites excluding steroid dienone is 7. The summed E-state index contributed by atoms with van der Waals surface area (Å²) in [6, 6.07) is 0. The third-order valence-corrected chi connectivity index (χ3v) is 10.0. The number of nitrogens with two attached hydrogens (primary N) is 1. The number of aliphatic hydroxyl groups excluding tert-OH is 1. The molecule has 0 bridgehead atoms. The predicted octanol–water partition coefficient (Wildman–Crippen LogP) is 5.61. The highest BCUT2D eigenvalue weighted by atomic mass is 31.0. The van der Waals surface area contributed by atoms with Crippen molar-refractivity contribution < 1.29 is 5.11 Å². The molecule has 2 saturated carbocycles. The normalized spacial score (nSPS) is 43.5. The minimum Gasteiger partial charge on any atom is -0.402 e. The number of fused-ring (bicyclic) bond motifs is 4. The van der Waals surface area contributed by atoms with Crippen LogP contribution in [0, 0.1) is 29.1 Å². The van der Waals surface area contributed by atoms with Crippen molar-refractivity contribution in [3.8, 4) is 0 Å². The van der Waals surface area contributed by atoms with E-state index >= 15 is 0 Å². The lowest BCUT2D eigenvalue weighted by Gasteiger charge is -2.54. The van der Waals surface area contributed by atoms with Crippen LogP contribution < -0.4 is 5.73 Å². The van der Waals surface area contributed by atoms with Gasteiger partial charge in [-0.05, 0) is 110 Å². The maximum Gasteiger partial charge on any atom is 0.0540 e. The van der Waals surface area contributed by atoms with Crippen LogP contribution in [0.4, 0.5) is 0 Å². The summed E-state index contributed by atoms with van der Waals surface area (Å²) in [5, 5.41) is 11.5. The van der Waals surface area contributed by atoms with Gasteiger partial charge in [0.25, 0.3) is 0 Å². The van der Waals surface area contributed by atoms with Gasteiger partial charge in [0, 0.05) is 5.70 Å². The van der Waals surface area contributed by atoms with Crippen molar-refractivity contribution in [3.05, 3.63) is 46.0 Å². The van der Waals surface area contributed by atoms with Gasteiger partial charge in [0.1, 0.15) is 0 Å². The summed E-state index contributed by atoms with van der Waals surface area (Å²) in [7, 11) is 3.03. The zero-order valence-electron chi connectivity index (χ0n) is 17.3. The smallest absolute Gasteiger partial charge is 0.0540 e. The fraction of sp³-hybridized carbons (Fsp3) is 0.680. The summed E-state index contributed by atoms with van der Waals surface area (Å²) < 4.78 is 0. The van der Waals surface area contributed by atoms with Crippen LogP contribution >= 0.6 is 9.24 Å². The minimum absolute atomic E-state index is 0.0734. The van der Waals surface area contributed by atoms with E-state index in [2.05, 4.69) is 28.8 Å². The number of aliphatic hydroxyl groups is 1. The molecule has 2 nitrogen and oxygen atoms in total. The van der Waals surface area contributed by atoms with Crippen molar-refractivity contribution in [2.45, 2.75) is 77.2 Å². The van der Waals surface area contributed by atoms with Crippen LogP contribution in [-0.2, 0) is 0 Å². The van der Waals surface area contributed by atoms with Crippen LogP contribution in [-0.4, -0.2) is 11.2 Å². The second-order valence-electron chi connectivity index (χ2n) is 10.5. The van der Waals surface area contributed by atoms with Gasteiger partial charge >= 0.3 is 0 Å². The molecular formula is C25H36NOP. The molecule has 0 saturated heterocycles. The second-order valence-corrected chi connectivity index (χ2v) is 11.0. The Labute approximate surface area is 172 Å². The Bertz CT molecular complexity index is 797. The number of rotatable bonds is 1. The van der Waals surface area contributed by atoms with Crippen LogP contribution in [0.25, 0.3) is 0 Å². The maximum atomic E-state index is 10.1. The van der Waals surface area contributed by atoms with Gasteiger partial charge in [-0.25, -0.2) is 0 Å². The molecule has 2 fully saturated rings. The first-order valence-corrected chi connectivity index (χ1v) is 12.0. The molecule has 0 aromatic heterocycles. The first-order valence-electron chi connectivity index (χ1n) is 11.4. The van der Waals surface area contributed by atoms with Crippen molar-refractivity contribution in [2.75, 3.05) is 0 Å². The Balaban J connectivity index is 1.60. The lowest BCUT2D eigenvalue weighted by molar-refractivity contribution is 0.0498. The third-order valence-electron chi connectivity index (χ3n) is 8.99. The van der Waals surface area contributed by atoms with Crippen molar-refractivity contribution in [3.63, 3.8) is 0 Å². The van der Waals surface area contributed by atoms with Gasteiger partial charge in [0.05, 0.1) is 6.10 Å². The monoisotopic (exact) mass is 397 g/mol. The fourth-order valence-corrected chi connectivity index (χ4v) is 7.94. The first kappa shape index (κ1) is 19.1.